The second-order valence-corrected chi connectivity index (χ2v) is 5.45. The first-order chi connectivity index (χ1) is 9.38. The molecular weight excluding hydrogens is 240 g/mol. The minimum absolute atomic E-state index is 0.425. The SMILES string of the molecule is NNc1nc(C2CCOCC2)nc2c1CCCCC2. The maximum Gasteiger partial charge on any atom is 0.147 e. The van der Waals surface area contributed by atoms with Gasteiger partial charge < -0.3 is 10.2 Å². The molecule has 0 amide bonds. The molecule has 3 N–H and O–H groups in total. The van der Waals surface area contributed by atoms with Crippen molar-refractivity contribution in [3.8, 4) is 0 Å². The van der Waals surface area contributed by atoms with Crippen LogP contribution in [0.2, 0.25) is 0 Å². The third kappa shape index (κ3) is 2.72. The molecule has 0 radical (unpaired) electrons. The fourth-order valence-electron chi connectivity index (χ4n) is 3.05. The zero-order valence-corrected chi connectivity index (χ0v) is 11.3. The van der Waals surface area contributed by atoms with Gasteiger partial charge in [0.15, 0.2) is 0 Å². The maximum absolute atomic E-state index is 5.66. The van der Waals surface area contributed by atoms with Gasteiger partial charge >= 0.3 is 0 Å². The van der Waals surface area contributed by atoms with E-state index in [0.29, 0.717) is 5.92 Å². The van der Waals surface area contributed by atoms with E-state index in [-0.39, 0.29) is 0 Å². The van der Waals surface area contributed by atoms with E-state index in [0.717, 1.165) is 50.5 Å². The highest BCUT2D eigenvalue weighted by Crippen LogP contribution is 2.29. The molecule has 1 aromatic heterocycles. The van der Waals surface area contributed by atoms with E-state index in [9.17, 15) is 0 Å². The summed E-state index contributed by atoms with van der Waals surface area (Å²) in [4.78, 5) is 9.51. The van der Waals surface area contributed by atoms with E-state index in [2.05, 4.69) is 10.4 Å². The van der Waals surface area contributed by atoms with Crippen LogP contribution >= 0.6 is 0 Å². The average Bonchev–Trinajstić information content (AvgIpc) is 2.72. The largest absolute Gasteiger partial charge is 0.381 e. The van der Waals surface area contributed by atoms with Crippen molar-refractivity contribution in [1.82, 2.24) is 9.97 Å². The Morgan fingerprint density at radius 3 is 2.63 bits per heavy atom. The van der Waals surface area contributed by atoms with Crippen molar-refractivity contribution < 1.29 is 4.74 Å². The van der Waals surface area contributed by atoms with E-state index in [4.69, 9.17) is 15.6 Å². The number of fused-ring (bicyclic) bond motifs is 1. The minimum atomic E-state index is 0.425. The molecule has 0 atom stereocenters. The molecule has 0 aromatic carbocycles. The predicted molar refractivity (Wildman–Crippen MR) is 73.9 cm³/mol. The second kappa shape index (κ2) is 5.84. The lowest BCUT2D eigenvalue weighted by molar-refractivity contribution is 0.0835. The average molecular weight is 262 g/mol. The van der Waals surface area contributed by atoms with Crippen molar-refractivity contribution in [3.05, 3.63) is 17.1 Å². The summed E-state index contributed by atoms with van der Waals surface area (Å²) in [6.45, 7) is 1.63. The molecule has 1 aliphatic heterocycles. The first-order valence-corrected chi connectivity index (χ1v) is 7.32. The Hall–Kier alpha value is -1.20. The lowest BCUT2D eigenvalue weighted by Crippen LogP contribution is -2.20. The molecule has 1 fully saturated rings. The molecule has 0 spiro atoms. The number of nitrogens with two attached hydrogens (primary N) is 1. The van der Waals surface area contributed by atoms with Crippen LogP contribution in [0.25, 0.3) is 0 Å². The molecule has 19 heavy (non-hydrogen) atoms. The smallest absolute Gasteiger partial charge is 0.147 e. The van der Waals surface area contributed by atoms with Gasteiger partial charge in [-0.2, -0.15) is 0 Å². The number of hydrogen-bond acceptors (Lipinski definition) is 5. The van der Waals surface area contributed by atoms with Crippen LogP contribution in [0.5, 0.6) is 0 Å². The van der Waals surface area contributed by atoms with Crippen molar-refractivity contribution in [3.63, 3.8) is 0 Å². The zero-order valence-electron chi connectivity index (χ0n) is 11.3. The summed E-state index contributed by atoms with van der Waals surface area (Å²) >= 11 is 0. The Morgan fingerprint density at radius 1 is 1.05 bits per heavy atom. The summed E-state index contributed by atoms with van der Waals surface area (Å²) in [7, 11) is 0. The third-order valence-electron chi connectivity index (χ3n) is 4.17. The number of hydrazine groups is 1. The molecule has 0 bridgehead atoms. The summed E-state index contributed by atoms with van der Waals surface area (Å²) in [5.41, 5.74) is 5.22. The van der Waals surface area contributed by atoms with Crippen molar-refractivity contribution in [2.24, 2.45) is 5.84 Å². The van der Waals surface area contributed by atoms with Gasteiger partial charge in [-0.3, -0.25) is 0 Å². The van der Waals surface area contributed by atoms with Crippen LogP contribution < -0.4 is 11.3 Å². The normalized spacial score (nSPS) is 20.7. The number of nitrogen functional groups attached to an aromatic ring is 1. The van der Waals surface area contributed by atoms with Crippen LogP contribution in [0.15, 0.2) is 0 Å². The first kappa shape index (κ1) is 12.8. The Kier molecular flexibility index (Phi) is 3.94. The van der Waals surface area contributed by atoms with Crippen LogP contribution in [0, 0.1) is 0 Å². The molecule has 0 unspecified atom stereocenters. The molecule has 2 heterocycles. The number of ether oxygens (including phenoxy) is 1. The van der Waals surface area contributed by atoms with Crippen molar-refractivity contribution in [1.29, 1.82) is 0 Å². The predicted octanol–water partition coefficient (Wildman–Crippen LogP) is 1.93. The van der Waals surface area contributed by atoms with Gasteiger partial charge in [0, 0.05) is 30.4 Å². The number of hydrogen-bond donors (Lipinski definition) is 2. The highest BCUT2D eigenvalue weighted by molar-refractivity contribution is 5.46. The van der Waals surface area contributed by atoms with Crippen LogP contribution in [0.3, 0.4) is 0 Å². The van der Waals surface area contributed by atoms with Gasteiger partial charge in [-0.05, 0) is 38.5 Å². The number of nitrogens with one attached hydrogen (secondary N) is 1. The summed E-state index contributed by atoms with van der Waals surface area (Å²) in [5, 5.41) is 0. The highest BCUT2D eigenvalue weighted by Gasteiger charge is 2.22. The van der Waals surface area contributed by atoms with Gasteiger partial charge in [0.05, 0.1) is 0 Å². The quantitative estimate of drug-likeness (QED) is 0.484. The number of aryl methyl sites for hydroxylation is 1. The fourth-order valence-corrected chi connectivity index (χ4v) is 3.05. The second-order valence-electron chi connectivity index (χ2n) is 5.45. The van der Waals surface area contributed by atoms with Crippen LogP contribution in [0.1, 0.15) is 55.1 Å². The highest BCUT2D eigenvalue weighted by atomic mass is 16.5. The monoisotopic (exact) mass is 262 g/mol. The van der Waals surface area contributed by atoms with E-state index in [1.807, 2.05) is 0 Å². The van der Waals surface area contributed by atoms with E-state index in [1.54, 1.807) is 0 Å². The Balaban J connectivity index is 1.94. The standard InChI is InChI=1S/C14H22N4O/c15-18-14-11-4-2-1-3-5-12(11)16-13(17-14)10-6-8-19-9-7-10/h10H,1-9,15H2,(H,16,17,18). The van der Waals surface area contributed by atoms with Crippen LogP contribution in [-0.2, 0) is 17.6 Å². The molecule has 104 valence electrons. The molecule has 3 rings (SSSR count). The Morgan fingerprint density at radius 2 is 1.84 bits per heavy atom. The van der Waals surface area contributed by atoms with Crippen molar-refractivity contribution >= 4 is 5.82 Å². The third-order valence-corrected chi connectivity index (χ3v) is 4.17. The number of aromatic nitrogens is 2. The van der Waals surface area contributed by atoms with E-state index < -0.39 is 0 Å². The van der Waals surface area contributed by atoms with Gasteiger partial charge in [0.25, 0.3) is 0 Å². The molecule has 0 saturated carbocycles. The van der Waals surface area contributed by atoms with Crippen LogP contribution in [-0.4, -0.2) is 23.2 Å². The number of nitrogens with zero attached hydrogens (tertiary/aromatic N) is 2. The van der Waals surface area contributed by atoms with Gasteiger partial charge in [0.2, 0.25) is 0 Å². The van der Waals surface area contributed by atoms with Crippen molar-refractivity contribution in [2.75, 3.05) is 18.6 Å². The van der Waals surface area contributed by atoms with Gasteiger partial charge in [-0.25, -0.2) is 15.8 Å². The number of anilines is 1. The van der Waals surface area contributed by atoms with Gasteiger partial charge in [-0.15, -0.1) is 0 Å². The molecule has 2 aliphatic rings. The fraction of sp³-hybridized carbons (Fsp3) is 0.714. The van der Waals surface area contributed by atoms with Gasteiger partial charge in [-0.1, -0.05) is 6.42 Å². The van der Waals surface area contributed by atoms with Gasteiger partial charge in [0.1, 0.15) is 11.6 Å². The molecule has 1 aliphatic carbocycles. The van der Waals surface area contributed by atoms with Crippen LogP contribution in [0.4, 0.5) is 5.82 Å². The molecule has 5 heteroatoms. The number of rotatable bonds is 2. The molecule has 5 nitrogen and oxygen atoms in total. The van der Waals surface area contributed by atoms with E-state index in [1.165, 1.54) is 30.5 Å². The summed E-state index contributed by atoms with van der Waals surface area (Å²) in [6.07, 6.45) is 7.84. The first-order valence-electron chi connectivity index (χ1n) is 7.32. The van der Waals surface area contributed by atoms with E-state index >= 15 is 0 Å². The summed E-state index contributed by atoms with van der Waals surface area (Å²) < 4.78 is 5.41. The lowest BCUT2D eigenvalue weighted by Gasteiger charge is -2.22. The molecular formula is C14H22N4O. The topological polar surface area (TPSA) is 73.1 Å². The van der Waals surface area contributed by atoms with Crippen molar-refractivity contribution in [2.45, 2.75) is 50.9 Å². The summed E-state index contributed by atoms with van der Waals surface area (Å²) in [6, 6.07) is 0. The zero-order chi connectivity index (χ0) is 13.1. The molecule has 1 saturated heterocycles. The maximum atomic E-state index is 5.66. The Labute approximate surface area is 113 Å². The lowest BCUT2D eigenvalue weighted by atomic mass is 9.98. The Bertz CT molecular complexity index is 443. The molecule has 1 aromatic rings. The minimum Gasteiger partial charge on any atom is -0.381 e. The summed E-state index contributed by atoms with van der Waals surface area (Å²) in [5.74, 6) is 7.88.